The van der Waals surface area contributed by atoms with E-state index in [0.29, 0.717) is 16.3 Å². The van der Waals surface area contributed by atoms with Gasteiger partial charge in [-0.15, -0.1) is 0 Å². The van der Waals surface area contributed by atoms with Crippen LogP contribution in [0.3, 0.4) is 0 Å². The molecule has 7 heteroatoms. The first-order chi connectivity index (χ1) is 8.97. The number of benzene rings is 1. The van der Waals surface area contributed by atoms with Gasteiger partial charge in [0, 0.05) is 22.8 Å². The Labute approximate surface area is 126 Å². The number of nitrogens with two attached hydrogens (primary N) is 1. The number of rotatable bonds is 5. The Morgan fingerprint density at radius 1 is 1.35 bits per heavy atom. The quantitative estimate of drug-likeness (QED) is 0.812. The number of likely N-dealkylation sites (N-methyl/N-ethyl adjacent to an activating group) is 1. The van der Waals surface area contributed by atoms with Crippen LogP contribution < -0.4 is 10.5 Å². The first kappa shape index (κ1) is 17.2. The molecule has 0 radical (unpaired) electrons. The summed E-state index contributed by atoms with van der Waals surface area (Å²) in [5.74, 6) is 0. The first-order valence-electron chi connectivity index (χ1n) is 6.20. The van der Waals surface area contributed by atoms with Crippen LogP contribution in [0.1, 0.15) is 19.4 Å². The minimum atomic E-state index is -3.63. The van der Waals surface area contributed by atoms with Gasteiger partial charge in [0.15, 0.2) is 0 Å². The van der Waals surface area contributed by atoms with Gasteiger partial charge >= 0.3 is 0 Å². The lowest BCUT2D eigenvalue weighted by molar-refractivity contribution is 0.199. The van der Waals surface area contributed by atoms with Crippen molar-refractivity contribution in [2.75, 3.05) is 26.4 Å². The Kier molecular flexibility index (Phi) is 5.08. The number of nitrogens with zero attached hydrogens (tertiary/aromatic N) is 1. The van der Waals surface area contributed by atoms with Crippen LogP contribution in [0.2, 0.25) is 5.02 Å². The third-order valence-corrected chi connectivity index (χ3v) is 5.35. The molecule has 3 N–H and O–H groups in total. The van der Waals surface area contributed by atoms with Gasteiger partial charge in [0.05, 0.1) is 4.90 Å². The highest BCUT2D eigenvalue weighted by Crippen LogP contribution is 2.26. The van der Waals surface area contributed by atoms with Gasteiger partial charge in [0.2, 0.25) is 10.0 Å². The molecule has 0 atom stereocenters. The van der Waals surface area contributed by atoms with Gasteiger partial charge < -0.3 is 10.6 Å². The van der Waals surface area contributed by atoms with Crippen molar-refractivity contribution in [2.45, 2.75) is 31.2 Å². The molecular weight excluding hydrogens is 298 g/mol. The Hall–Kier alpha value is -0.820. The third-order valence-electron chi connectivity index (χ3n) is 3.57. The van der Waals surface area contributed by atoms with Crippen molar-refractivity contribution in [3.63, 3.8) is 0 Å². The summed E-state index contributed by atoms with van der Waals surface area (Å²) >= 11 is 5.99. The molecule has 0 aliphatic rings. The van der Waals surface area contributed by atoms with E-state index in [2.05, 4.69) is 4.72 Å². The Balaban J connectivity index is 3.01. The van der Waals surface area contributed by atoms with Crippen molar-refractivity contribution in [3.05, 3.63) is 22.7 Å². The number of halogens is 1. The van der Waals surface area contributed by atoms with Crippen LogP contribution >= 0.6 is 11.6 Å². The van der Waals surface area contributed by atoms with E-state index in [1.165, 1.54) is 12.1 Å². The molecule has 0 aliphatic heterocycles. The third kappa shape index (κ3) is 3.85. The van der Waals surface area contributed by atoms with Crippen molar-refractivity contribution in [1.29, 1.82) is 0 Å². The monoisotopic (exact) mass is 319 g/mol. The lowest BCUT2D eigenvalue weighted by atomic mass is 10.1. The lowest BCUT2D eigenvalue weighted by Crippen LogP contribution is -2.48. The molecule has 0 aliphatic carbocycles. The minimum absolute atomic E-state index is 0.0835. The summed E-state index contributed by atoms with van der Waals surface area (Å²) < 4.78 is 27.1. The zero-order valence-corrected chi connectivity index (χ0v) is 14.1. The van der Waals surface area contributed by atoms with Crippen LogP contribution in [-0.2, 0) is 10.0 Å². The van der Waals surface area contributed by atoms with E-state index in [0.717, 1.165) is 0 Å². The van der Waals surface area contributed by atoms with Crippen molar-refractivity contribution in [1.82, 2.24) is 9.62 Å². The topological polar surface area (TPSA) is 75.4 Å². The molecule has 0 amide bonds. The lowest BCUT2D eigenvalue weighted by Gasteiger charge is -2.32. The van der Waals surface area contributed by atoms with Gasteiger partial charge in [-0.3, -0.25) is 0 Å². The average molecular weight is 320 g/mol. The SMILES string of the molecule is Cc1c(N)cc(S(=O)(=O)NCC(C)(C)N(C)C)cc1Cl. The second-order valence-corrected chi connectivity index (χ2v) is 7.82. The average Bonchev–Trinajstić information content (AvgIpc) is 2.33. The number of anilines is 1. The molecule has 0 spiro atoms. The fourth-order valence-electron chi connectivity index (χ4n) is 1.34. The van der Waals surface area contributed by atoms with Crippen LogP contribution in [0.25, 0.3) is 0 Å². The zero-order valence-electron chi connectivity index (χ0n) is 12.5. The van der Waals surface area contributed by atoms with E-state index >= 15 is 0 Å². The second-order valence-electron chi connectivity index (χ2n) is 5.65. The van der Waals surface area contributed by atoms with E-state index in [9.17, 15) is 8.42 Å². The van der Waals surface area contributed by atoms with Gasteiger partial charge in [-0.25, -0.2) is 13.1 Å². The summed E-state index contributed by atoms with van der Waals surface area (Å²) in [6.07, 6.45) is 0. The number of hydrogen-bond acceptors (Lipinski definition) is 4. The molecule has 0 saturated carbocycles. The van der Waals surface area contributed by atoms with Crippen molar-refractivity contribution in [3.8, 4) is 0 Å². The predicted molar refractivity (Wildman–Crippen MR) is 83.6 cm³/mol. The maximum absolute atomic E-state index is 12.3. The molecule has 1 aromatic rings. The van der Waals surface area contributed by atoms with Gasteiger partial charge in [0.25, 0.3) is 0 Å². The maximum atomic E-state index is 12.3. The molecule has 1 rings (SSSR count). The Morgan fingerprint density at radius 3 is 2.35 bits per heavy atom. The maximum Gasteiger partial charge on any atom is 0.240 e. The fraction of sp³-hybridized carbons (Fsp3) is 0.538. The van der Waals surface area contributed by atoms with Crippen LogP contribution in [0.5, 0.6) is 0 Å². The summed E-state index contributed by atoms with van der Waals surface area (Å²) in [4.78, 5) is 2.03. The molecule has 114 valence electrons. The number of hydrogen-bond donors (Lipinski definition) is 2. The van der Waals surface area contributed by atoms with Crippen LogP contribution in [0.15, 0.2) is 17.0 Å². The smallest absolute Gasteiger partial charge is 0.240 e. The fourth-order valence-corrected chi connectivity index (χ4v) is 2.90. The Morgan fingerprint density at radius 2 is 1.90 bits per heavy atom. The highest BCUT2D eigenvalue weighted by atomic mass is 35.5. The summed E-state index contributed by atoms with van der Waals surface area (Å²) in [6.45, 7) is 5.93. The molecule has 0 heterocycles. The molecule has 0 bridgehead atoms. The van der Waals surface area contributed by atoms with Gasteiger partial charge in [-0.1, -0.05) is 11.6 Å². The number of nitrogen functional groups attached to an aromatic ring is 1. The summed E-state index contributed by atoms with van der Waals surface area (Å²) in [6, 6.07) is 2.84. The van der Waals surface area contributed by atoms with Crippen LogP contribution in [-0.4, -0.2) is 39.5 Å². The molecule has 5 nitrogen and oxygen atoms in total. The van der Waals surface area contributed by atoms with Crippen LogP contribution in [0, 0.1) is 6.92 Å². The minimum Gasteiger partial charge on any atom is -0.398 e. The highest BCUT2D eigenvalue weighted by molar-refractivity contribution is 7.89. The second kappa shape index (κ2) is 5.89. The molecular formula is C13H22ClN3O2S. The van der Waals surface area contributed by atoms with Crippen molar-refractivity contribution >= 4 is 27.3 Å². The normalized spacial score (nSPS) is 12.9. The van der Waals surface area contributed by atoms with Crippen molar-refractivity contribution < 1.29 is 8.42 Å². The van der Waals surface area contributed by atoms with Crippen LogP contribution in [0.4, 0.5) is 5.69 Å². The first-order valence-corrected chi connectivity index (χ1v) is 8.06. The number of nitrogens with one attached hydrogen (secondary N) is 1. The van der Waals surface area contributed by atoms with E-state index < -0.39 is 10.0 Å². The molecule has 20 heavy (non-hydrogen) atoms. The van der Waals surface area contributed by atoms with Gasteiger partial charge in [0.1, 0.15) is 0 Å². The van der Waals surface area contributed by atoms with E-state index in [1.807, 2.05) is 32.8 Å². The Bertz CT molecular complexity index is 575. The molecule has 0 unspecified atom stereocenters. The molecule has 1 aromatic carbocycles. The van der Waals surface area contributed by atoms with E-state index in [4.69, 9.17) is 17.3 Å². The van der Waals surface area contributed by atoms with Gasteiger partial charge in [-0.05, 0) is 52.6 Å². The van der Waals surface area contributed by atoms with Crippen molar-refractivity contribution in [2.24, 2.45) is 0 Å². The largest absolute Gasteiger partial charge is 0.398 e. The summed E-state index contributed by atoms with van der Waals surface area (Å²) in [5.41, 5.74) is 6.51. The summed E-state index contributed by atoms with van der Waals surface area (Å²) in [5, 5.41) is 0.345. The van der Waals surface area contributed by atoms with E-state index in [1.54, 1.807) is 6.92 Å². The molecule has 0 fully saturated rings. The predicted octanol–water partition coefficient (Wildman–Crippen LogP) is 1.85. The standard InChI is InChI=1S/C13H22ClN3O2S/c1-9-11(14)6-10(7-12(9)15)20(18,19)16-8-13(2,3)17(4)5/h6-7,16H,8,15H2,1-5H3. The highest BCUT2D eigenvalue weighted by Gasteiger charge is 2.24. The molecule has 0 saturated heterocycles. The zero-order chi connectivity index (χ0) is 15.7. The summed E-state index contributed by atoms with van der Waals surface area (Å²) in [7, 11) is 0.166. The van der Waals surface area contributed by atoms with E-state index in [-0.39, 0.29) is 17.0 Å². The molecule has 0 aromatic heterocycles. The van der Waals surface area contributed by atoms with Gasteiger partial charge in [-0.2, -0.15) is 0 Å². The number of sulfonamides is 1.